The van der Waals surface area contributed by atoms with Gasteiger partial charge in [0.15, 0.2) is 11.5 Å². The third-order valence-electron chi connectivity index (χ3n) is 3.22. The third kappa shape index (κ3) is 2.97. The zero-order chi connectivity index (χ0) is 13.8. The Morgan fingerprint density at radius 1 is 1.42 bits per heavy atom. The van der Waals surface area contributed by atoms with Crippen LogP contribution in [0.25, 0.3) is 0 Å². The van der Waals surface area contributed by atoms with Gasteiger partial charge >= 0.3 is 0 Å². The van der Waals surface area contributed by atoms with Crippen molar-refractivity contribution in [3.05, 3.63) is 23.8 Å². The highest BCUT2D eigenvalue weighted by atomic mass is 16.5. The fraction of sp³-hybridized carbons (Fsp3) is 0.462. The van der Waals surface area contributed by atoms with E-state index in [0.717, 1.165) is 6.54 Å². The summed E-state index contributed by atoms with van der Waals surface area (Å²) in [5, 5.41) is 15.7. The first kappa shape index (κ1) is 13.6. The third-order valence-corrected chi connectivity index (χ3v) is 3.22. The van der Waals surface area contributed by atoms with Gasteiger partial charge in [-0.3, -0.25) is 4.79 Å². The van der Waals surface area contributed by atoms with Crippen LogP contribution < -0.4 is 15.4 Å². The molecule has 1 saturated heterocycles. The molecule has 3 N–H and O–H groups in total. The lowest BCUT2D eigenvalue weighted by Crippen LogP contribution is -2.43. The number of hydrogen-bond acceptors (Lipinski definition) is 5. The Morgan fingerprint density at radius 3 is 2.84 bits per heavy atom. The minimum Gasteiger partial charge on any atom is -0.504 e. The molecular weight excluding hydrogens is 248 g/mol. The molecular formula is C13H18N2O4. The number of aromatic hydroxyl groups is 1. The van der Waals surface area contributed by atoms with E-state index in [1.54, 1.807) is 19.2 Å². The number of amides is 1. The van der Waals surface area contributed by atoms with Crippen molar-refractivity contribution in [1.82, 2.24) is 10.6 Å². The fourth-order valence-electron chi connectivity index (χ4n) is 2.13. The highest BCUT2D eigenvalue weighted by Crippen LogP contribution is 2.26. The number of ether oxygens (including phenoxy) is 2. The summed E-state index contributed by atoms with van der Waals surface area (Å²) in [5.41, 5.74) is 0.389. The Balaban J connectivity index is 2.05. The molecule has 1 heterocycles. The molecule has 0 spiro atoms. The van der Waals surface area contributed by atoms with Crippen LogP contribution in [-0.2, 0) is 4.74 Å². The molecule has 1 unspecified atom stereocenters. The normalized spacial score (nSPS) is 22.2. The van der Waals surface area contributed by atoms with Crippen molar-refractivity contribution in [1.29, 1.82) is 0 Å². The highest BCUT2D eigenvalue weighted by Gasteiger charge is 2.28. The number of carbonyl (C=O) groups is 1. The van der Waals surface area contributed by atoms with Gasteiger partial charge in [-0.05, 0) is 18.2 Å². The second-order valence-electron chi connectivity index (χ2n) is 4.40. The predicted molar refractivity (Wildman–Crippen MR) is 69.6 cm³/mol. The van der Waals surface area contributed by atoms with Crippen molar-refractivity contribution < 1.29 is 19.4 Å². The van der Waals surface area contributed by atoms with E-state index in [1.807, 2.05) is 0 Å². The van der Waals surface area contributed by atoms with Crippen LogP contribution in [0.1, 0.15) is 10.4 Å². The van der Waals surface area contributed by atoms with Crippen LogP contribution in [0.2, 0.25) is 0 Å². The second kappa shape index (κ2) is 5.90. The van der Waals surface area contributed by atoms with E-state index in [-0.39, 0.29) is 23.8 Å². The number of rotatable bonds is 4. The van der Waals surface area contributed by atoms with E-state index in [0.29, 0.717) is 17.9 Å². The first-order chi connectivity index (χ1) is 9.15. The number of hydrogen-bond donors (Lipinski definition) is 3. The van der Waals surface area contributed by atoms with E-state index in [1.165, 1.54) is 13.2 Å². The van der Waals surface area contributed by atoms with Gasteiger partial charge in [0.2, 0.25) is 0 Å². The van der Waals surface area contributed by atoms with Crippen molar-refractivity contribution in [2.24, 2.45) is 0 Å². The molecule has 1 aliphatic rings. The fourth-order valence-corrected chi connectivity index (χ4v) is 2.13. The SMILES string of the molecule is COc1ccc(C(=O)NC2CNC[C@@H]2OC)cc1O. The average molecular weight is 266 g/mol. The quantitative estimate of drug-likeness (QED) is 0.721. The maximum absolute atomic E-state index is 12.1. The molecule has 2 rings (SSSR count). The molecule has 0 saturated carbocycles. The molecule has 0 radical (unpaired) electrons. The summed E-state index contributed by atoms with van der Waals surface area (Å²) in [4.78, 5) is 12.1. The van der Waals surface area contributed by atoms with Crippen LogP contribution in [0.3, 0.4) is 0 Å². The first-order valence-corrected chi connectivity index (χ1v) is 6.07. The number of benzene rings is 1. The minimum atomic E-state index is -0.242. The zero-order valence-electron chi connectivity index (χ0n) is 11.0. The van der Waals surface area contributed by atoms with E-state index in [4.69, 9.17) is 9.47 Å². The lowest BCUT2D eigenvalue weighted by Gasteiger charge is -2.18. The molecule has 19 heavy (non-hydrogen) atoms. The molecule has 0 bridgehead atoms. The van der Waals surface area contributed by atoms with E-state index < -0.39 is 0 Å². The zero-order valence-corrected chi connectivity index (χ0v) is 11.0. The Labute approximate surface area is 111 Å². The van der Waals surface area contributed by atoms with Crippen LogP contribution in [0.4, 0.5) is 0 Å². The summed E-state index contributed by atoms with van der Waals surface area (Å²) in [6.45, 7) is 1.39. The van der Waals surface area contributed by atoms with Crippen LogP contribution in [0, 0.1) is 0 Å². The van der Waals surface area contributed by atoms with Crippen LogP contribution in [0.15, 0.2) is 18.2 Å². The number of nitrogens with one attached hydrogen (secondary N) is 2. The van der Waals surface area contributed by atoms with Gasteiger partial charge in [0.1, 0.15) is 0 Å². The molecule has 0 aromatic heterocycles. The molecule has 0 aliphatic carbocycles. The molecule has 1 aromatic carbocycles. The summed E-state index contributed by atoms with van der Waals surface area (Å²) in [5.74, 6) is 0.0468. The molecule has 104 valence electrons. The Morgan fingerprint density at radius 2 is 2.21 bits per heavy atom. The van der Waals surface area contributed by atoms with Crippen LogP contribution >= 0.6 is 0 Å². The van der Waals surface area contributed by atoms with E-state index in [9.17, 15) is 9.90 Å². The number of phenolic OH excluding ortho intramolecular Hbond substituents is 1. The standard InChI is InChI=1S/C13H18N2O4/c1-18-11-4-3-8(5-10(11)16)13(17)15-9-6-14-7-12(9)19-2/h3-5,9,12,14,16H,6-7H2,1-2H3,(H,15,17)/t9?,12-/m0/s1. The summed E-state index contributed by atoms with van der Waals surface area (Å²) in [6.07, 6.45) is -0.0317. The van der Waals surface area contributed by atoms with Crippen molar-refractivity contribution in [3.8, 4) is 11.5 Å². The monoisotopic (exact) mass is 266 g/mol. The molecule has 1 aliphatic heterocycles. The smallest absolute Gasteiger partial charge is 0.251 e. The lowest BCUT2D eigenvalue weighted by molar-refractivity contribution is 0.0779. The number of methoxy groups -OCH3 is 2. The number of phenols is 1. The Kier molecular flexibility index (Phi) is 4.24. The van der Waals surface area contributed by atoms with Gasteiger partial charge < -0.3 is 25.2 Å². The summed E-state index contributed by atoms with van der Waals surface area (Å²) in [6, 6.07) is 4.49. The molecule has 1 aromatic rings. The maximum Gasteiger partial charge on any atom is 0.251 e. The highest BCUT2D eigenvalue weighted by molar-refractivity contribution is 5.95. The van der Waals surface area contributed by atoms with Crippen molar-refractivity contribution >= 4 is 5.91 Å². The topological polar surface area (TPSA) is 79.8 Å². The summed E-state index contributed by atoms with van der Waals surface area (Å²) in [7, 11) is 3.08. The van der Waals surface area contributed by atoms with Crippen molar-refractivity contribution in [2.75, 3.05) is 27.3 Å². The lowest BCUT2D eigenvalue weighted by atomic mass is 10.1. The summed E-state index contributed by atoms with van der Waals surface area (Å²) >= 11 is 0. The predicted octanol–water partition coefficient (Wildman–Crippen LogP) is 0.117. The van der Waals surface area contributed by atoms with Crippen molar-refractivity contribution in [3.63, 3.8) is 0 Å². The average Bonchev–Trinajstić information content (AvgIpc) is 2.85. The Bertz CT molecular complexity index is 464. The Hall–Kier alpha value is -1.79. The molecule has 6 nitrogen and oxygen atoms in total. The van der Waals surface area contributed by atoms with Gasteiger partial charge in [-0.1, -0.05) is 0 Å². The van der Waals surface area contributed by atoms with E-state index in [2.05, 4.69) is 10.6 Å². The van der Waals surface area contributed by atoms with Gasteiger partial charge in [-0.2, -0.15) is 0 Å². The number of carbonyl (C=O) groups excluding carboxylic acids is 1. The van der Waals surface area contributed by atoms with E-state index >= 15 is 0 Å². The minimum absolute atomic E-state index is 0.0317. The van der Waals surface area contributed by atoms with Gasteiger partial charge in [0, 0.05) is 25.8 Å². The largest absolute Gasteiger partial charge is 0.504 e. The molecule has 1 fully saturated rings. The molecule has 1 amide bonds. The van der Waals surface area contributed by atoms with Gasteiger partial charge in [-0.25, -0.2) is 0 Å². The van der Waals surface area contributed by atoms with Crippen molar-refractivity contribution in [2.45, 2.75) is 12.1 Å². The second-order valence-corrected chi connectivity index (χ2v) is 4.40. The van der Waals surface area contributed by atoms with Crippen LogP contribution in [-0.4, -0.2) is 50.5 Å². The summed E-state index contributed by atoms with van der Waals surface area (Å²) < 4.78 is 10.2. The van der Waals surface area contributed by atoms with Gasteiger partial charge in [0.25, 0.3) is 5.91 Å². The molecule has 2 atom stereocenters. The molecule has 6 heteroatoms. The van der Waals surface area contributed by atoms with Crippen LogP contribution in [0.5, 0.6) is 11.5 Å². The maximum atomic E-state index is 12.1. The van der Waals surface area contributed by atoms with Gasteiger partial charge in [0.05, 0.1) is 19.3 Å². The van der Waals surface area contributed by atoms with Gasteiger partial charge in [-0.15, -0.1) is 0 Å². The first-order valence-electron chi connectivity index (χ1n) is 6.07.